The maximum absolute atomic E-state index is 12.5. The second-order valence-electron chi connectivity index (χ2n) is 7.06. The molecule has 0 unspecified atom stereocenters. The first kappa shape index (κ1) is 22.0. The molecule has 0 aliphatic carbocycles. The second kappa shape index (κ2) is 9.94. The Kier molecular flexibility index (Phi) is 6.63. The molecule has 2 N–H and O–H groups in total. The lowest BCUT2D eigenvalue weighted by molar-refractivity contribution is -0.0498. The average Bonchev–Trinajstić information content (AvgIpc) is 3.48. The number of aryl methyl sites for hydroxylation is 1. The number of anilines is 1. The molecule has 0 radical (unpaired) electrons. The molecule has 4 aromatic rings. The van der Waals surface area contributed by atoms with E-state index in [1.54, 1.807) is 29.1 Å². The fourth-order valence-corrected chi connectivity index (χ4v) is 3.05. The van der Waals surface area contributed by atoms with Gasteiger partial charge in [0.2, 0.25) is 0 Å². The van der Waals surface area contributed by atoms with Crippen molar-refractivity contribution >= 4 is 11.6 Å². The van der Waals surface area contributed by atoms with Crippen molar-refractivity contribution in [2.75, 3.05) is 5.32 Å². The summed E-state index contributed by atoms with van der Waals surface area (Å²) >= 11 is 0. The number of ether oxygens (including phenoxy) is 2. The number of hydrogen-bond donors (Lipinski definition) is 2. The molecule has 1 amide bonds. The van der Waals surface area contributed by atoms with E-state index < -0.39 is 12.5 Å². The number of carbonyl (C=O) groups excluding carboxylic acids is 1. The Labute approximate surface area is 188 Å². The van der Waals surface area contributed by atoms with Gasteiger partial charge in [0.25, 0.3) is 5.91 Å². The van der Waals surface area contributed by atoms with Crippen molar-refractivity contribution in [1.29, 1.82) is 0 Å². The molecule has 0 saturated carbocycles. The van der Waals surface area contributed by atoms with Crippen LogP contribution in [0.1, 0.15) is 23.0 Å². The van der Waals surface area contributed by atoms with E-state index in [0.29, 0.717) is 16.9 Å². The van der Waals surface area contributed by atoms with Crippen LogP contribution >= 0.6 is 0 Å². The summed E-state index contributed by atoms with van der Waals surface area (Å²) in [6.45, 7) is -0.605. The number of H-pyrrole nitrogens is 1. The Morgan fingerprint density at radius 2 is 1.85 bits per heavy atom. The van der Waals surface area contributed by atoms with E-state index in [-0.39, 0.29) is 18.2 Å². The summed E-state index contributed by atoms with van der Waals surface area (Å²) in [4.78, 5) is 12.5. The molecular weight excluding hydrogens is 432 g/mol. The van der Waals surface area contributed by atoms with Gasteiger partial charge in [-0.05, 0) is 54.4 Å². The number of carbonyl (C=O) groups is 1. The molecule has 0 aliphatic heterocycles. The number of rotatable bonds is 9. The van der Waals surface area contributed by atoms with Crippen LogP contribution in [-0.2, 0) is 13.2 Å². The Bertz CT molecular complexity index is 1200. The van der Waals surface area contributed by atoms with Gasteiger partial charge in [0.1, 0.15) is 17.2 Å². The van der Waals surface area contributed by atoms with Gasteiger partial charge in [-0.3, -0.25) is 9.89 Å². The van der Waals surface area contributed by atoms with Crippen LogP contribution < -0.4 is 14.8 Å². The lowest BCUT2D eigenvalue weighted by Crippen LogP contribution is -2.12. The van der Waals surface area contributed by atoms with Crippen molar-refractivity contribution in [1.82, 2.24) is 20.0 Å². The number of aromatic nitrogens is 4. The fraction of sp³-hybridized carbons (Fsp3) is 0.174. The van der Waals surface area contributed by atoms with Crippen LogP contribution in [0.2, 0.25) is 0 Å². The Balaban J connectivity index is 1.33. The zero-order valence-electron chi connectivity index (χ0n) is 17.7. The molecular formula is C23H21F2N5O3. The van der Waals surface area contributed by atoms with Crippen LogP contribution in [0.15, 0.2) is 67.0 Å². The average molecular weight is 453 g/mol. The predicted octanol–water partition coefficient (Wildman–Crippen LogP) is 4.73. The fourth-order valence-electron chi connectivity index (χ4n) is 3.05. The number of amides is 1. The van der Waals surface area contributed by atoms with Gasteiger partial charge >= 0.3 is 6.61 Å². The smallest absolute Gasteiger partial charge is 0.387 e. The molecule has 2 heterocycles. The predicted molar refractivity (Wildman–Crippen MR) is 117 cm³/mol. The van der Waals surface area contributed by atoms with E-state index in [1.165, 1.54) is 23.9 Å². The van der Waals surface area contributed by atoms with Crippen LogP contribution in [0.4, 0.5) is 14.5 Å². The largest absolute Gasteiger partial charge is 0.471 e. The first-order valence-corrected chi connectivity index (χ1v) is 10.2. The summed E-state index contributed by atoms with van der Waals surface area (Å²) in [6, 6.07) is 15.4. The van der Waals surface area contributed by atoms with E-state index in [9.17, 15) is 13.6 Å². The number of nitrogens with zero attached hydrogens (tertiary/aromatic N) is 3. The number of nitrogens with one attached hydrogen (secondary N) is 2. The molecule has 0 saturated heterocycles. The molecule has 8 nitrogen and oxygen atoms in total. The topological polar surface area (TPSA) is 94.1 Å². The van der Waals surface area contributed by atoms with Gasteiger partial charge in [-0.15, -0.1) is 0 Å². The lowest BCUT2D eigenvalue weighted by atomic mass is 10.1. The van der Waals surface area contributed by atoms with Crippen molar-refractivity contribution in [3.8, 4) is 22.8 Å². The summed E-state index contributed by atoms with van der Waals surface area (Å²) in [7, 11) is 0. The van der Waals surface area contributed by atoms with E-state index >= 15 is 0 Å². The standard InChI is InChI=1S/C23H21F2N5O3/c1-2-15-3-7-18(8-4-15)32-14-30-13-17(12-26-30)27-22(31)21-11-20(28-29-21)16-5-9-19(10-6-16)33-23(24)25/h3-13,23H,2,14H2,1H3,(H,27,31)(H,28,29). The molecule has 4 rings (SSSR count). The zero-order chi connectivity index (χ0) is 23.2. The van der Waals surface area contributed by atoms with Crippen LogP contribution in [0.5, 0.6) is 11.5 Å². The van der Waals surface area contributed by atoms with E-state index in [0.717, 1.165) is 12.2 Å². The lowest BCUT2D eigenvalue weighted by Gasteiger charge is -2.06. The Morgan fingerprint density at radius 3 is 2.55 bits per heavy atom. The first-order valence-electron chi connectivity index (χ1n) is 10.2. The molecule has 0 bridgehead atoms. The van der Waals surface area contributed by atoms with E-state index in [1.807, 2.05) is 24.3 Å². The van der Waals surface area contributed by atoms with Crippen LogP contribution in [-0.4, -0.2) is 32.5 Å². The van der Waals surface area contributed by atoms with Gasteiger partial charge in [-0.25, -0.2) is 4.68 Å². The van der Waals surface area contributed by atoms with Gasteiger partial charge in [0.05, 0.1) is 23.8 Å². The molecule has 10 heteroatoms. The Morgan fingerprint density at radius 1 is 1.12 bits per heavy atom. The van der Waals surface area contributed by atoms with Gasteiger partial charge in [0, 0.05) is 5.56 Å². The highest BCUT2D eigenvalue weighted by atomic mass is 19.3. The van der Waals surface area contributed by atoms with E-state index in [2.05, 4.69) is 32.3 Å². The molecule has 0 spiro atoms. The van der Waals surface area contributed by atoms with Crippen molar-refractivity contribution in [2.24, 2.45) is 0 Å². The third kappa shape index (κ3) is 5.73. The maximum Gasteiger partial charge on any atom is 0.387 e. The highest BCUT2D eigenvalue weighted by molar-refractivity contribution is 6.03. The third-order valence-corrected chi connectivity index (χ3v) is 4.78. The van der Waals surface area contributed by atoms with Crippen molar-refractivity contribution in [2.45, 2.75) is 26.7 Å². The SMILES string of the molecule is CCc1ccc(OCn2cc(NC(=O)c3cc(-c4ccc(OC(F)F)cc4)n[nH]3)cn2)cc1. The van der Waals surface area contributed by atoms with Crippen molar-refractivity contribution < 1.29 is 23.0 Å². The molecule has 0 fully saturated rings. The maximum atomic E-state index is 12.5. The molecule has 0 atom stereocenters. The summed E-state index contributed by atoms with van der Waals surface area (Å²) in [5, 5.41) is 13.7. The highest BCUT2D eigenvalue weighted by Gasteiger charge is 2.13. The highest BCUT2D eigenvalue weighted by Crippen LogP contribution is 2.22. The molecule has 0 aliphatic rings. The van der Waals surface area contributed by atoms with Gasteiger partial charge in [0.15, 0.2) is 6.73 Å². The van der Waals surface area contributed by atoms with Crippen LogP contribution in [0, 0.1) is 0 Å². The number of benzene rings is 2. The Hall–Kier alpha value is -4.21. The molecule has 33 heavy (non-hydrogen) atoms. The van der Waals surface area contributed by atoms with Crippen molar-refractivity contribution in [3.63, 3.8) is 0 Å². The molecule has 170 valence electrons. The van der Waals surface area contributed by atoms with Gasteiger partial charge in [-0.2, -0.15) is 19.0 Å². The zero-order valence-corrected chi connectivity index (χ0v) is 17.7. The summed E-state index contributed by atoms with van der Waals surface area (Å²) in [5.41, 5.74) is 3.09. The third-order valence-electron chi connectivity index (χ3n) is 4.78. The minimum absolute atomic E-state index is 0.0428. The van der Waals surface area contributed by atoms with E-state index in [4.69, 9.17) is 4.74 Å². The number of aromatic amines is 1. The minimum atomic E-state index is -2.89. The summed E-state index contributed by atoms with van der Waals surface area (Å²) in [6.07, 6.45) is 4.13. The number of hydrogen-bond acceptors (Lipinski definition) is 5. The second-order valence-corrected chi connectivity index (χ2v) is 7.06. The molecule has 2 aromatic carbocycles. The first-order chi connectivity index (χ1) is 16.0. The van der Waals surface area contributed by atoms with Crippen molar-refractivity contribution in [3.05, 3.63) is 78.2 Å². The molecule has 2 aromatic heterocycles. The van der Waals surface area contributed by atoms with Crippen LogP contribution in [0.3, 0.4) is 0 Å². The van der Waals surface area contributed by atoms with Gasteiger partial charge < -0.3 is 14.8 Å². The summed E-state index contributed by atoms with van der Waals surface area (Å²) in [5.74, 6) is 0.371. The summed E-state index contributed by atoms with van der Waals surface area (Å²) < 4.78 is 36.1. The minimum Gasteiger partial charge on any atom is -0.471 e. The number of halogens is 2. The monoisotopic (exact) mass is 453 g/mol. The van der Waals surface area contributed by atoms with Crippen LogP contribution in [0.25, 0.3) is 11.3 Å². The van der Waals surface area contributed by atoms with Gasteiger partial charge in [-0.1, -0.05) is 19.1 Å². The normalized spacial score (nSPS) is 10.9. The quantitative estimate of drug-likeness (QED) is 0.382. The number of alkyl halides is 2.